The van der Waals surface area contributed by atoms with Crippen molar-refractivity contribution in [1.29, 1.82) is 0 Å². The van der Waals surface area contributed by atoms with Crippen molar-refractivity contribution in [2.45, 2.75) is 25.8 Å². The molecule has 0 saturated carbocycles. The largest absolute Gasteiger partial charge is 0.453 e. The third-order valence-electron chi connectivity index (χ3n) is 3.13. The molecule has 0 spiro atoms. The molecule has 1 unspecified atom stereocenters. The van der Waals surface area contributed by atoms with Crippen molar-refractivity contribution >= 4 is 27.5 Å². The highest BCUT2D eigenvalue weighted by molar-refractivity contribution is 9.10. The molecule has 0 aliphatic heterocycles. The third-order valence-corrected chi connectivity index (χ3v) is 3.99. The Labute approximate surface area is 137 Å². The van der Waals surface area contributed by atoms with Gasteiger partial charge in [-0.15, -0.1) is 0 Å². The lowest BCUT2D eigenvalue weighted by Crippen LogP contribution is -2.21. The van der Waals surface area contributed by atoms with Crippen LogP contribution < -0.4 is 10.5 Å². The molecule has 0 aliphatic carbocycles. The summed E-state index contributed by atoms with van der Waals surface area (Å²) in [7, 11) is 0. The van der Waals surface area contributed by atoms with Crippen LogP contribution in [0.25, 0.3) is 0 Å². The monoisotopic (exact) mass is 371 g/mol. The first-order chi connectivity index (χ1) is 9.99. The van der Waals surface area contributed by atoms with Crippen molar-refractivity contribution in [3.8, 4) is 11.5 Å². The summed E-state index contributed by atoms with van der Waals surface area (Å²) in [4.78, 5) is 0. The molecule has 0 amide bonds. The lowest BCUT2D eigenvalue weighted by molar-refractivity contribution is 0.439. The van der Waals surface area contributed by atoms with E-state index in [0.29, 0.717) is 21.7 Å². The van der Waals surface area contributed by atoms with Gasteiger partial charge >= 0.3 is 0 Å². The molecule has 1 atom stereocenters. The Bertz CT molecular complexity index is 636. The smallest absolute Gasteiger partial charge is 0.165 e. The molecular weight excluding hydrogens is 357 g/mol. The maximum absolute atomic E-state index is 14.1. The van der Waals surface area contributed by atoms with E-state index in [2.05, 4.69) is 15.9 Å². The molecular formula is C16H16BrClFNO. The molecule has 0 bridgehead atoms. The first-order valence-corrected chi connectivity index (χ1v) is 7.83. The van der Waals surface area contributed by atoms with Crippen LogP contribution in [0.5, 0.6) is 11.5 Å². The maximum Gasteiger partial charge on any atom is 0.165 e. The van der Waals surface area contributed by atoms with Crippen LogP contribution in [-0.4, -0.2) is 6.04 Å². The third kappa shape index (κ3) is 4.43. The van der Waals surface area contributed by atoms with Gasteiger partial charge in [0.05, 0.1) is 4.47 Å². The van der Waals surface area contributed by atoms with E-state index in [4.69, 9.17) is 22.1 Å². The molecule has 0 radical (unpaired) electrons. The molecule has 0 saturated heterocycles. The Hall–Kier alpha value is -1.10. The average Bonchev–Trinajstić information content (AvgIpc) is 2.44. The van der Waals surface area contributed by atoms with Gasteiger partial charge in [-0.3, -0.25) is 0 Å². The molecule has 0 aromatic heterocycles. The van der Waals surface area contributed by atoms with Gasteiger partial charge < -0.3 is 10.5 Å². The highest BCUT2D eigenvalue weighted by Crippen LogP contribution is 2.33. The van der Waals surface area contributed by atoms with E-state index in [1.54, 1.807) is 24.3 Å². The Balaban J connectivity index is 2.17. The fourth-order valence-corrected chi connectivity index (χ4v) is 2.64. The molecule has 112 valence electrons. The number of halogens is 3. The van der Waals surface area contributed by atoms with Crippen LogP contribution in [0.15, 0.2) is 40.9 Å². The van der Waals surface area contributed by atoms with Crippen LogP contribution in [0, 0.1) is 5.82 Å². The minimum Gasteiger partial charge on any atom is -0.453 e. The van der Waals surface area contributed by atoms with Gasteiger partial charge in [0.2, 0.25) is 0 Å². The van der Waals surface area contributed by atoms with E-state index in [0.717, 1.165) is 12.0 Å². The molecule has 2 N–H and O–H groups in total. The highest BCUT2D eigenvalue weighted by atomic mass is 79.9. The molecule has 2 nitrogen and oxygen atoms in total. The lowest BCUT2D eigenvalue weighted by atomic mass is 10.0. The van der Waals surface area contributed by atoms with Gasteiger partial charge in [0.1, 0.15) is 5.75 Å². The minimum absolute atomic E-state index is 0.0431. The summed E-state index contributed by atoms with van der Waals surface area (Å²) < 4.78 is 20.3. The van der Waals surface area contributed by atoms with Gasteiger partial charge in [-0.25, -0.2) is 4.39 Å². The van der Waals surface area contributed by atoms with E-state index in [1.807, 2.05) is 13.0 Å². The van der Waals surface area contributed by atoms with Gasteiger partial charge in [-0.05, 0) is 64.7 Å². The molecule has 0 heterocycles. The summed E-state index contributed by atoms with van der Waals surface area (Å²) in [5.74, 6) is 0.279. The van der Waals surface area contributed by atoms with Gasteiger partial charge in [0.25, 0.3) is 0 Å². The zero-order valence-corrected chi connectivity index (χ0v) is 13.9. The minimum atomic E-state index is -0.405. The summed E-state index contributed by atoms with van der Waals surface area (Å²) >= 11 is 9.20. The number of nitrogens with two attached hydrogens (primary N) is 1. The van der Waals surface area contributed by atoms with Crippen molar-refractivity contribution in [2.75, 3.05) is 0 Å². The van der Waals surface area contributed by atoms with Gasteiger partial charge in [0.15, 0.2) is 11.6 Å². The van der Waals surface area contributed by atoms with Crippen molar-refractivity contribution in [3.05, 3.63) is 57.3 Å². The Morgan fingerprint density at radius 1 is 1.24 bits per heavy atom. The fraction of sp³-hybridized carbons (Fsp3) is 0.250. The number of ether oxygens (including phenoxy) is 1. The van der Waals surface area contributed by atoms with Crippen LogP contribution in [0.4, 0.5) is 4.39 Å². The molecule has 0 aliphatic rings. The Morgan fingerprint density at radius 2 is 1.95 bits per heavy atom. The molecule has 0 fully saturated rings. The average molecular weight is 373 g/mol. The van der Waals surface area contributed by atoms with E-state index >= 15 is 0 Å². The Morgan fingerprint density at radius 3 is 2.57 bits per heavy atom. The predicted octanol–water partition coefficient (Wildman–Crippen LogP) is 5.31. The van der Waals surface area contributed by atoms with Crippen LogP contribution in [-0.2, 0) is 6.42 Å². The summed E-state index contributed by atoms with van der Waals surface area (Å²) in [6.07, 6.45) is 1.51. The molecule has 21 heavy (non-hydrogen) atoms. The lowest BCUT2D eigenvalue weighted by Gasteiger charge is -2.12. The van der Waals surface area contributed by atoms with Gasteiger partial charge in [0, 0.05) is 11.1 Å². The van der Waals surface area contributed by atoms with Crippen molar-refractivity contribution in [1.82, 2.24) is 0 Å². The van der Waals surface area contributed by atoms with Crippen LogP contribution >= 0.6 is 27.5 Å². The maximum atomic E-state index is 14.1. The second-order valence-corrected chi connectivity index (χ2v) is 6.10. The summed E-state index contributed by atoms with van der Waals surface area (Å²) in [6.45, 7) is 2.01. The first-order valence-electron chi connectivity index (χ1n) is 6.66. The zero-order chi connectivity index (χ0) is 15.4. The summed E-state index contributed by atoms with van der Waals surface area (Å²) in [5, 5.41) is 0.582. The normalized spacial score (nSPS) is 12.2. The SMILES string of the molecule is CCC(N)Cc1ccc(Oc2ccc(Cl)cc2Br)c(F)c1. The Kier molecular flexibility index (Phi) is 5.62. The summed E-state index contributed by atoms with van der Waals surface area (Å²) in [6, 6.07) is 10.0. The van der Waals surface area contributed by atoms with Crippen LogP contribution in [0.2, 0.25) is 5.02 Å². The summed E-state index contributed by atoms with van der Waals surface area (Å²) in [5.41, 5.74) is 6.74. The fourth-order valence-electron chi connectivity index (χ4n) is 1.88. The van der Waals surface area contributed by atoms with Gasteiger partial charge in [-0.2, -0.15) is 0 Å². The van der Waals surface area contributed by atoms with Gasteiger partial charge in [-0.1, -0.05) is 24.6 Å². The van der Waals surface area contributed by atoms with Crippen LogP contribution in [0.1, 0.15) is 18.9 Å². The van der Waals surface area contributed by atoms with Crippen molar-refractivity contribution < 1.29 is 9.13 Å². The zero-order valence-electron chi connectivity index (χ0n) is 11.6. The second kappa shape index (κ2) is 7.25. The highest BCUT2D eigenvalue weighted by Gasteiger charge is 2.10. The van der Waals surface area contributed by atoms with Crippen molar-refractivity contribution in [2.24, 2.45) is 5.73 Å². The molecule has 5 heteroatoms. The number of hydrogen-bond donors (Lipinski definition) is 1. The second-order valence-electron chi connectivity index (χ2n) is 4.81. The predicted molar refractivity (Wildman–Crippen MR) is 87.6 cm³/mol. The number of hydrogen-bond acceptors (Lipinski definition) is 2. The number of benzene rings is 2. The van der Waals surface area contributed by atoms with Crippen LogP contribution in [0.3, 0.4) is 0 Å². The number of rotatable bonds is 5. The molecule has 2 rings (SSSR count). The first kappa shape index (κ1) is 16.3. The van der Waals surface area contributed by atoms with E-state index in [1.165, 1.54) is 6.07 Å². The van der Waals surface area contributed by atoms with Crippen molar-refractivity contribution in [3.63, 3.8) is 0 Å². The van der Waals surface area contributed by atoms with E-state index in [-0.39, 0.29) is 11.8 Å². The molecule has 2 aromatic rings. The quantitative estimate of drug-likeness (QED) is 0.771. The molecule has 2 aromatic carbocycles. The standard InChI is InChI=1S/C16H16BrClFNO/c1-2-12(20)7-10-3-5-16(14(19)8-10)21-15-6-4-11(18)9-13(15)17/h3-6,8-9,12H,2,7,20H2,1H3. The topological polar surface area (TPSA) is 35.2 Å². The van der Waals surface area contributed by atoms with E-state index < -0.39 is 5.82 Å². The van der Waals surface area contributed by atoms with E-state index in [9.17, 15) is 4.39 Å².